The number of alkyl halides is 3. The monoisotopic (exact) mass is 449 g/mol. The number of aromatic nitrogens is 4. The molecular weight excluding hydrogens is 430 g/mol. The molecule has 0 spiro atoms. The number of amides is 1. The van der Waals surface area contributed by atoms with Crippen LogP contribution in [0.25, 0.3) is 11.3 Å². The zero-order valence-corrected chi connectivity index (χ0v) is 17.0. The number of nitrogens with zero attached hydrogens (tertiary/aromatic N) is 5. The summed E-state index contributed by atoms with van der Waals surface area (Å²) in [6, 6.07) is 7.79. The fourth-order valence-electron chi connectivity index (χ4n) is 3.51. The van der Waals surface area contributed by atoms with Crippen molar-refractivity contribution in [1.29, 1.82) is 0 Å². The Balaban J connectivity index is 1.47. The lowest BCUT2D eigenvalue weighted by atomic mass is 10.1. The number of piperidine rings is 1. The summed E-state index contributed by atoms with van der Waals surface area (Å²) in [5.41, 5.74) is 0.440. The number of likely N-dealkylation sites (tertiary alicyclic amines) is 1. The van der Waals surface area contributed by atoms with Gasteiger partial charge < -0.3 is 9.64 Å². The van der Waals surface area contributed by atoms with Crippen LogP contribution in [0, 0.1) is 5.82 Å². The first kappa shape index (κ1) is 21.7. The van der Waals surface area contributed by atoms with Crippen molar-refractivity contribution >= 4 is 5.91 Å². The molecule has 3 aromatic rings. The third-order valence-electron chi connectivity index (χ3n) is 5.10. The van der Waals surface area contributed by atoms with Crippen LogP contribution in [0.1, 0.15) is 29.0 Å². The third kappa shape index (κ3) is 4.71. The van der Waals surface area contributed by atoms with Crippen LogP contribution in [-0.2, 0) is 13.2 Å². The van der Waals surface area contributed by atoms with E-state index in [0.717, 1.165) is 12.3 Å². The van der Waals surface area contributed by atoms with Gasteiger partial charge in [-0.05, 0) is 49.2 Å². The molecule has 1 aromatic carbocycles. The van der Waals surface area contributed by atoms with Crippen molar-refractivity contribution in [2.45, 2.75) is 25.1 Å². The summed E-state index contributed by atoms with van der Waals surface area (Å²) in [5, 5.41) is 4.33. The van der Waals surface area contributed by atoms with E-state index in [9.17, 15) is 22.4 Å². The number of halogens is 4. The minimum Gasteiger partial charge on any atom is -0.458 e. The second-order valence-electron chi connectivity index (χ2n) is 7.40. The zero-order valence-electron chi connectivity index (χ0n) is 17.0. The van der Waals surface area contributed by atoms with E-state index in [-0.39, 0.29) is 24.3 Å². The van der Waals surface area contributed by atoms with Gasteiger partial charge >= 0.3 is 12.2 Å². The van der Waals surface area contributed by atoms with Gasteiger partial charge in [-0.3, -0.25) is 9.48 Å². The predicted molar refractivity (Wildman–Crippen MR) is 105 cm³/mol. The highest BCUT2D eigenvalue weighted by atomic mass is 19.4. The van der Waals surface area contributed by atoms with Crippen molar-refractivity contribution in [3.8, 4) is 17.3 Å². The van der Waals surface area contributed by atoms with E-state index in [0.29, 0.717) is 36.3 Å². The highest BCUT2D eigenvalue weighted by Gasteiger charge is 2.34. The average molecular weight is 449 g/mol. The number of carbonyl (C=O) groups excluding carboxylic acids is 1. The SMILES string of the molecule is Cn1nc(-c2ccc(F)cc2)cc1C(=O)N1CCCC(Oc2nccc(C(F)(F)F)n2)C1. The Labute approximate surface area is 180 Å². The Morgan fingerprint density at radius 2 is 1.94 bits per heavy atom. The predicted octanol–water partition coefficient (Wildman–Crippen LogP) is 3.72. The standard InChI is InChI=1S/C21H19F4N5O2/c1-29-17(11-16(28-29)13-4-6-14(22)7-5-13)19(31)30-10-2-3-15(12-30)32-20-26-9-8-18(27-20)21(23,24)25/h4-9,11,15H,2-3,10,12H2,1H3. The lowest BCUT2D eigenvalue weighted by molar-refractivity contribution is -0.141. The van der Waals surface area contributed by atoms with Crippen LogP contribution >= 0.6 is 0 Å². The molecule has 32 heavy (non-hydrogen) atoms. The second-order valence-corrected chi connectivity index (χ2v) is 7.40. The maximum atomic E-state index is 13.2. The van der Waals surface area contributed by atoms with Crippen LogP contribution in [0.15, 0.2) is 42.6 Å². The number of hydrogen-bond donors (Lipinski definition) is 0. The number of aryl methyl sites for hydroxylation is 1. The Hall–Kier alpha value is -3.50. The molecule has 7 nitrogen and oxygen atoms in total. The molecule has 0 aliphatic carbocycles. The van der Waals surface area contributed by atoms with Crippen LogP contribution in [0.2, 0.25) is 0 Å². The summed E-state index contributed by atoms with van der Waals surface area (Å²) in [6.07, 6.45) is -2.99. The molecule has 3 heterocycles. The van der Waals surface area contributed by atoms with Crippen molar-refractivity contribution < 1.29 is 27.1 Å². The minimum absolute atomic E-state index is 0.176. The number of benzene rings is 1. The number of hydrogen-bond acceptors (Lipinski definition) is 5. The Kier molecular flexibility index (Phi) is 5.81. The van der Waals surface area contributed by atoms with Crippen LogP contribution in [0.5, 0.6) is 6.01 Å². The normalized spacial score (nSPS) is 16.8. The topological polar surface area (TPSA) is 73.1 Å². The Morgan fingerprint density at radius 3 is 2.66 bits per heavy atom. The maximum absolute atomic E-state index is 13.2. The molecule has 1 aliphatic rings. The van der Waals surface area contributed by atoms with Gasteiger partial charge in [-0.1, -0.05) is 0 Å². The first-order valence-electron chi connectivity index (χ1n) is 9.87. The van der Waals surface area contributed by atoms with Gasteiger partial charge in [0.15, 0.2) is 5.69 Å². The van der Waals surface area contributed by atoms with Gasteiger partial charge in [0.1, 0.15) is 17.6 Å². The summed E-state index contributed by atoms with van der Waals surface area (Å²) < 4.78 is 58.7. The number of ether oxygens (including phenoxy) is 1. The first-order valence-corrected chi connectivity index (χ1v) is 9.87. The molecule has 2 aromatic heterocycles. The van der Waals surface area contributed by atoms with E-state index in [1.165, 1.54) is 16.8 Å². The van der Waals surface area contributed by atoms with Crippen LogP contribution in [0.3, 0.4) is 0 Å². The molecule has 1 unspecified atom stereocenters. The fourth-order valence-corrected chi connectivity index (χ4v) is 3.51. The zero-order chi connectivity index (χ0) is 22.9. The first-order chi connectivity index (χ1) is 15.2. The van der Waals surface area contributed by atoms with Crippen molar-refractivity contribution in [2.24, 2.45) is 7.05 Å². The third-order valence-corrected chi connectivity index (χ3v) is 5.10. The van der Waals surface area contributed by atoms with Crippen LogP contribution in [-0.4, -0.2) is 49.7 Å². The molecule has 0 N–H and O–H groups in total. The second kappa shape index (κ2) is 8.56. The molecule has 168 valence electrons. The van der Waals surface area contributed by atoms with Crippen molar-refractivity contribution in [3.05, 3.63) is 59.8 Å². The Morgan fingerprint density at radius 1 is 1.19 bits per heavy atom. The van der Waals surface area contributed by atoms with Gasteiger partial charge in [0, 0.05) is 25.4 Å². The van der Waals surface area contributed by atoms with E-state index in [1.54, 1.807) is 30.1 Å². The summed E-state index contributed by atoms with van der Waals surface area (Å²) in [4.78, 5) is 21.8. The minimum atomic E-state index is -4.60. The van der Waals surface area contributed by atoms with Gasteiger partial charge in [-0.25, -0.2) is 9.37 Å². The van der Waals surface area contributed by atoms with Gasteiger partial charge in [0.25, 0.3) is 5.91 Å². The highest BCUT2D eigenvalue weighted by Crippen LogP contribution is 2.28. The number of rotatable bonds is 4. The average Bonchev–Trinajstić information content (AvgIpc) is 3.15. The molecule has 0 saturated carbocycles. The van der Waals surface area contributed by atoms with Gasteiger partial charge in [0.05, 0.1) is 12.2 Å². The van der Waals surface area contributed by atoms with E-state index in [2.05, 4.69) is 15.1 Å². The van der Waals surface area contributed by atoms with E-state index in [4.69, 9.17) is 4.74 Å². The van der Waals surface area contributed by atoms with E-state index < -0.39 is 18.0 Å². The molecular formula is C21H19F4N5O2. The van der Waals surface area contributed by atoms with Crippen LogP contribution < -0.4 is 4.74 Å². The molecule has 4 rings (SSSR count). The summed E-state index contributed by atoms with van der Waals surface area (Å²) in [6.45, 7) is 0.648. The van der Waals surface area contributed by atoms with E-state index >= 15 is 0 Å². The molecule has 1 aliphatic heterocycles. The summed E-state index contributed by atoms with van der Waals surface area (Å²) in [7, 11) is 1.63. The fraction of sp³-hybridized carbons (Fsp3) is 0.333. The van der Waals surface area contributed by atoms with Crippen molar-refractivity contribution in [1.82, 2.24) is 24.6 Å². The molecule has 0 bridgehead atoms. The number of carbonyl (C=O) groups is 1. The highest BCUT2D eigenvalue weighted by molar-refractivity contribution is 5.93. The summed E-state index contributed by atoms with van der Waals surface area (Å²) in [5.74, 6) is -0.656. The summed E-state index contributed by atoms with van der Waals surface area (Å²) >= 11 is 0. The van der Waals surface area contributed by atoms with Gasteiger partial charge in [-0.15, -0.1) is 0 Å². The maximum Gasteiger partial charge on any atom is 0.433 e. The lowest BCUT2D eigenvalue weighted by Crippen LogP contribution is -2.45. The molecule has 1 atom stereocenters. The lowest BCUT2D eigenvalue weighted by Gasteiger charge is -2.32. The smallest absolute Gasteiger partial charge is 0.433 e. The molecule has 1 amide bonds. The largest absolute Gasteiger partial charge is 0.458 e. The molecule has 11 heteroatoms. The van der Waals surface area contributed by atoms with Gasteiger partial charge in [-0.2, -0.15) is 23.3 Å². The van der Waals surface area contributed by atoms with Crippen molar-refractivity contribution in [2.75, 3.05) is 13.1 Å². The quantitative estimate of drug-likeness (QED) is 0.568. The van der Waals surface area contributed by atoms with Crippen molar-refractivity contribution in [3.63, 3.8) is 0 Å². The molecule has 1 saturated heterocycles. The molecule has 0 radical (unpaired) electrons. The Bertz CT molecular complexity index is 1110. The van der Waals surface area contributed by atoms with Gasteiger partial charge in [0.2, 0.25) is 0 Å². The van der Waals surface area contributed by atoms with Crippen LogP contribution in [0.4, 0.5) is 17.6 Å². The molecule has 1 fully saturated rings. The van der Waals surface area contributed by atoms with E-state index in [1.807, 2.05) is 0 Å².